The Hall–Kier alpha value is -1.90. The molecule has 4 rings (SSSR count). The number of nitrogens with zero attached hydrogens (tertiary/aromatic N) is 2. The molecule has 174 valence electrons. The zero-order valence-corrected chi connectivity index (χ0v) is 19.3. The highest BCUT2D eigenvalue weighted by atomic mass is 32.2. The molecule has 8 heteroatoms. The van der Waals surface area contributed by atoms with Crippen molar-refractivity contribution >= 4 is 29.6 Å². The van der Waals surface area contributed by atoms with Crippen molar-refractivity contribution in [3.8, 4) is 0 Å². The lowest BCUT2D eigenvalue weighted by Gasteiger charge is -2.28. The molecule has 0 aromatic heterocycles. The SMILES string of the molecule is C=NCCC1CNC2C(C1)C2C(=O)NC1=NC(/C=C/C=C\O)C(C(=C)C2CCOCC2)S1. The number of piperidine rings is 1. The summed E-state index contributed by atoms with van der Waals surface area (Å²) in [6, 6.07) is 0.172. The number of aliphatic imine (C=N–C) groups is 2. The minimum atomic E-state index is -0.114. The zero-order valence-electron chi connectivity index (χ0n) is 18.5. The van der Waals surface area contributed by atoms with Crippen LogP contribution in [0.3, 0.4) is 0 Å². The van der Waals surface area contributed by atoms with Crippen LogP contribution < -0.4 is 10.6 Å². The van der Waals surface area contributed by atoms with Gasteiger partial charge in [0.2, 0.25) is 5.91 Å². The first-order chi connectivity index (χ1) is 15.6. The summed E-state index contributed by atoms with van der Waals surface area (Å²) in [5.74, 6) is 1.47. The van der Waals surface area contributed by atoms with E-state index in [1.807, 2.05) is 6.08 Å². The van der Waals surface area contributed by atoms with Gasteiger partial charge in [-0.1, -0.05) is 36.1 Å². The molecule has 2 saturated heterocycles. The molecular weight excluding hydrogens is 424 g/mol. The van der Waals surface area contributed by atoms with Gasteiger partial charge in [0.1, 0.15) is 0 Å². The number of amidine groups is 1. The molecule has 0 aromatic rings. The maximum absolute atomic E-state index is 13.0. The summed E-state index contributed by atoms with van der Waals surface area (Å²) in [4.78, 5) is 21.8. The second kappa shape index (κ2) is 10.8. The van der Waals surface area contributed by atoms with Crippen molar-refractivity contribution in [1.29, 1.82) is 0 Å². The fourth-order valence-corrected chi connectivity index (χ4v) is 6.43. The average molecular weight is 459 g/mol. The van der Waals surface area contributed by atoms with Gasteiger partial charge in [-0.25, -0.2) is 0 Å². The van der Waals surface area contributed by atoms with E-state index in [2.05, 4.69) is 28.9 Å². The summed E-state index contributed by atoms with van der Waals surface area (Å²) in [5.41, 5.74) is 1.16. The second-order valence-electron chi connectivity index (χ2n) is 9.10. The van der Waals surface area contributed by atoms with Crippen molar-refractivity contribution < 1.29 is 14.6 Å². The maximum atomic E-state index is 13.0. The van der Waals surface area contributed by atoms with Crippen LogP contribution in [0.1, 0.15) is 25.7 Å². The van der Waals surface area contributed by atoms with Gasteiger partial charge in [-0.05, 0) is 62.8 Å². The number of rotatable bonds is 8. The molecule has 0 spiro atoms. The summed E-state index contributed by atoms with van der Waals surface area (Å²) in [7, 11) is 0. The fourth-order valence-electron chi connectivity index (χ4n) is 5.21. The Morgan fingerprint density at radius 3 is 2.94 bits per heavy atom. The molecule has 32 heavy (non-hydrogen) atoms. The van der Waals surface area contributed by atoms with Crippen molar-refractivity contribution in [3.05, 3.63) is 36.6 Å². The standard InChI is InChI=1S/C24H34N4O3S/c1-15(17-7-11-31-12-8-17)22-19(5-3-4-10-29)27-24(32-22)28-23(30)20-18-13-16(6-9-25-2)14-26-21(18)20/h3-5,10,16-22,26,29H,1-2,6-9,11-14H2,(H,27,28,30)/b5-3+,10-4-. The third-order valence-electron chi connectivity index (χ3n) is 7.08. The average Bonchev–Trinajstić information content (AvgIpc) is 3.41. The maximum Gasteiger partial charge on any atom is 0.230 e. The largest absolute Gasteiger partial charge is 0.516 e. The van der Waals surface area contributed by atoms with E-state index in [4.69, 9.17) is 14.8 Å². The molecule has 3 fully saturated rings. The highest BCUT2D eigenvalue weighted by molar-refractivity contribution is 8.14. The van der Waals surface area contributed by atoms with E-state index in [1.54, 1.807) is 23.9 Å². The molecular formula is C24H34N4O3S. The Morgan fingerprint density at radius 1 is 1.38 bits per heavy atom. The van der Waals surface area contributed by atoms with Crippen LogP contribution in [0.2, 0.25) is 0 Å². The van der Waals surface area contributed by atoms with E-state index < -0.39 is 0 Å². The quantitative estimate of drug-likeness (QED) is 0.225. The molecule has 6 unspecified atom stereocenters. The van der Waals surface area contributed by atoms with Crippen molar-refractivity contribution in [2.24, 2.45) is 33.7 Å². The lowest BCUT2D eigenvalue weighted by atomic mass is 9.88. The van der Waals surface area contributed by atoms with Gasteiger partial charge in [0.25, 0.3) is 0 Å². The Bertz CT molecular complexity index is 805. The number of hydrogen-bond donors (Lipinski definition) is 3. The third-order valence-corrected chi connectivity index (χ3v) is 8.34. The Kier molecular flexibility index (Phi) is 7.86. The molecule has 0 bridgehead atoms. The monoisotopic (exact) mass is 458 g/mol. The van der Waals surface area contributed by atoms with Gasteiger partial charge in [0, 0.05) is 25.8 Å². The van der Waals surface area contributed by atoms with Crippen molar-refractivity contribution in [1.82, 2.24) is 10.6 Å². The van der Waals surface area contributed by atoms with Gasteiger partial charge >= 0.3 is 0 Å². The van der Waals surface area contributed by atoms with Gasteiger partial charge in [-0.2, -0.15) is 0 Å². The van der Waals surface area contributed by atoms with E-state index in [9.17, 15) is 4.79 Å². The van der Waals surface area contributed by atoms with Gasteiger partial charge in [-0.15, -0.1) is 0 Å². The topological polar surface area (TPSA) is 95.3 Å². The van der Waals surface area contributed by atoms with E-state index in [0.717, 1.165) is 63.8 Å². The summed E-state index contributed by atoms with van der Waals surface area (Å²) in [5, 5.41) is 16.3. The molecule has 1 aliphatic carbocycles. The number of carbonyl (C=O) groups is 1. The first-order valence-corrected chi connectivity index (χ1v) is 12.5. The van der Waals surface area contributed by atoms with Gasteiger partial charge in [0.05, 0.1) is 23.5 Å². The predicted molar refractivity (Wildman–Crippen MR) is 130 cm³/mol. The van der Waals surface area contributed by atoms with Crippen LogP contribution in [0.4, 0.5) is 0 Å². The lowest BCUT2D eigenvalue weighted by molar-refractivity contribution is -0.121. The summed E-state index contributed by atoms with van der Waals surface area (Å²) in [6.45, 7) is 11.2. The predicted octanol–water partition coefficient (Wildman–Crippen LogP) is 2.87. The van der Waals surface area contributed by atoms with E-state index in [1.165, 1.54) is 0 Å². The fraction of sp³-hybridized carbons (Fsp3) is 0.625. The minimum absolute atomic E-state index is 0.0176. The van der Waals surface area contributed by atoms with Crippen LogP contribution in [-0.2, 0) is 9.53 Å². The van der Waals surface area contributed by atoms with Crippen molar-refractivity contribution in [3.63, 3.8) is 0 Å². The first-order valence-electron chi connectivity index (χ1n) is 11.6. The molecule has 3 heterocycles. The van der Waals surface area contributed by atoms with Crippen LogP contribution in [0, 0.1) is 23.7 Å². The smallest absolute Gasteiger partial charge is 0.230 e. The molecule has 1 saturated carbocycles. The molecule has 0 radical (unpaired) electrons. The number of nitrogens with one attached hydrogen (secondary N) is 2. The van der Waals surface area contributed by atoms with Crippen LogP contribution in [-0.4, -0.2) is 66.5 Å². The highest BCUT2D eigenvalue weighted by Gasteiger charge is 2.57. The number of thioether (sulfide) groups is 1. The molecule has 4 aliphatic rings. The van der Waals surface area contributed by atoms with Crippen LogP contribution in [0.5, 0.6) is 0 Å². The number of aliphatic hydroxyl groups excluding tert-OH is 1. The second-order valence-corrected chi connectivity index (χ2v) is 10.2. The molecule has 7 nitrogen and oxygen atoms in total. The molecule has 0 aromatic carbocycles. The number of hydrogen-bond acceptors (Lipinski definition) is 7. The number of carbonyl (C=O) groups excluding carboxylic acids is 1. The van der Waals surface area contributed by atoms with Gasteiger partial charge in [-0.3, -0.25) is 9.79 Å². The van der Waals surface area contributed by atoms with Crippen LogP contribution in [0.25, 0.3) is 0 Å². The normalized spacial score (nSPS) is 34.9. The number of ether oxygens (including phenoxy) is 1. The zero-order chi connectivity index (χ0) is 22.5. The highest BCUT2D eigenvalue weighted by Crippen LogP contribution is 2.47. The molecule has 6 atom stereocenters. The van der Waals surface area contributed by atoms with Crippen molar-refractivity contribution in [2.45, 2.75) is 43.0 Å². The lowest BCUT2D eigenvalue weighted by Crippen LogP contribution is -2.34. The number of aliphatic hydroxyl groups is 1. The van der Waals surface area contributed by atoms with Gasteiger partial charge < -0.3 is 25.5 Å². The van der Waals surface area contributed by atoms with E-state index >= 15 is 0 Å². The third kappa shape index (κ3) is 5.35. The number of allylic oxidation sites excluding steroid dienone is 2. The van der Waals surface area contributed by atoms with Crippen LogP contribution in [0.15, 0.2) is 46.6 Å². The summed E-state index contributed by atoms with van der Waals surface area (Å²) < 4.78 is 5.50. The Morgan fingerprint density at radius 2 is 2.19 bits per heavy atom. The molecule has 3 N–H and O–H groups in total. The van der Waals surface area contributed by atoms with E-state index in [-0.39, 0.29) is 29.2 Å². The van der Waals surface area contributed by atoms with Crippen LogP contribution >= 0.6 is 11.8 Å². The number of fused-ring (bicyclic) bond motifs is 1. The summed E-state index contributed by atoms with van der Waals surface area (Å²) in [6.07, 6.45) is 10.4. The molecule has 1 amide bonds. The summed E-state index contributed by atoms with van der Waals surface area (Å²) >= 11 is 1.60. The van der Waals surface area contributed by atoms with Gasteiger partial charge in [0.15, 0.2) is 5.17 Å². The Labute approximate surface area is 194 Å². The molecule has 3 aliphatic heterocycles. The Balaban J connectivity index is 1.36. The number of amides is 1. The first kappa shape index (κ1) is 23.3. The van der Waals surface area contributed by atoms with E-state index in [0.29, 0.717) is 22.9 Å². The van der Waals surface area contributed by atoms with Crippen molar-refractivity contribution in [2.75, 3.05) is 26.3 Å². The minimum Gasteiger partial charge on any atom is -0.516 e.